The number of halogens is 1. The fourth-order valence-corrected chi connectivity index (χ4v) is 4.27. The summed E-state index contributed by atoms with van der Waals surface area (Å²) in [6, 6.07) is 3.74. The first-order valence-corrected chi connectivity index (χ1v) is 11.5. The van der Waals surface area contributed by atoms with E-state index in [4.69, 9.17) is 9.73 Å². The van der Waals surface area contributed by atoms with E-state index in [9.17, 15) is 4.79 Å². The Morgan fingerprint density at radius 1 is 1.21 bits per heavy atom. The number of hydrogen-bond acceptors (Lipinski definition) is 4. The summed E-state index contributed by atoms with van der Waals surface area (Å²) < 4.78 is 5.60. The molecule has 0 unspecified atom stereocenters. The zero-order chi connectivity index (χ0) is 20.1. The van der Waals surface area contributed by atoms with Crippen molar-refractivity contribution in [3.05, 3.63) is 22.4 Å². The minimum Gasteiger partial charge on any atom is -0.382 e. The van der Waals surface area contributed by atoms with Crippen molar-refractivity contribution in [3.8, 4) is 0 Å². The average molecular weight is 537 g/mol. The summed E-state index contributed by atoms with van der Waals surface area (Å²) in [4.78, 5) is 17.6. The van der Waals surface area contributed by atoms with Crippen LogP contribution in [0.4, 0.5) is 0 Å². The van der Waals surface area contributed by atoms with Gasteiger partial charge in [-0.25, -0.2) is 0 Å². The van der Waals surface area contributed by atoms with Crippen molar-refractivity contribution in [3.63, 3.8) is 0 Å². The predicted octanol–water partition coefficient (Wildman–Crippen LogP) is 4.03. The van der Waals surface area contributed by atoms with Gasteiger partial charge in [-0.15, -0.1) is 35.3 Å². The highest BCUT2D eigenvalue weighted by atomic mass is 127. The van der Waals surface area contributed by atoms with Crippen LogP contribution in [0.15, 0.2) is 22.5 Å². The van der Waals surface area contributed by atoms with Crippen LogP contribution in [0, 0.1) is 5.41 Å². The van der Waals surface area contributed by atoms with E-state index in [1.165, 1.54) is 37.0 Å². The lowest BCUT2D eigenvalue weighted by Crippen LogP contribution is -2.39. The molecule has 1 aromatic heterocycles. The van der Waals surface area contributed by atoms with E-state index < -0.39 is 0 Å². The quantitative estimate of drug-likeness (QED) is 0.163. The van der Waals surface area contributed by atoms with Crippen LogP contribution in [0.3, 0.4) is 0 Å². The van der Waals surface area contributed by atoms with Gasteiger partial charge in [-0.1, -0.05) is 18.9 Å². The summed E-state index contributed by atoms with van der Waals surface area (Å²) in [5, 5.41) is 11.6. The van der Waals surface area contributed by atoms with Crippen LogP contribution in [-0.2, 0) is 4.74 Å². The van der Waals surface area contributed by atoms with Gasteiger partial charge in [0.25, 0.3) is 5.91 Å². The highest BCUT2D eigenvalue weighted by Crippen LogP contribution is 2.41. The molecule has 29 heavy (non-hydrogen) atoms. The molecule has 166 valence electrons. The largest absolute Gasteiger partial charge is 0.382 e. The van der Waals surface area contributed by atoms with Crippen molar-refractivity contribution < 1.29 is 9.53 Å². The summed E-state index contributed by atoms with van der Waals surface area (Å²) >= 11 is 1.47. The Hall–Kier alpha value is -0.870. The zero-order valence-corrected chi connectivity index (χ0v) is 20.9. The molecule has 1 aromatic rings. The third-order valence-electron chi connectivity index (χ3n) is 5.24. The van der Waals surface area contributed by atoms with Crippen LogP contribution in [0.5, 0.6) is 0 Å². The topological polar surface area (TPSA) is 74.8 Å². The molecule has 6 nitrogen and oxygen atoms in total. The van der Waals surface area contributed by atoms with Gasteiger partial charge in [0.05, 0.1) is 4.88 Å². The van der Waals surface area contributed by atoms with Crippen molar-refractivity contribution in [1.82, 2.24) is 16.0 Å². The molecule has 1 aliphatic rings. The summed E-state index contributed by atoms with van der Waals surface area (Å²) in [5.41, 5.74) is 0.298. The highest BCUT2D eigenvalue weighted by molar-refractivity contribution is 14.0. The lowest BCUT2D eigenvalue weighted by molar-refractivity contribution is 0.0957. The Labute approximate surface area is 196 Å². The van der Waals surface area contributed by atoms with Gasteiger partial charge in [-0.2, -0.15) is 0 Å². The number of nitrogens with one attached hydrogen (secondary N) is 3. The summed E-state index contributed by atoms with van der Waals surface area (Å²) in [7, 11) is 0. The molecule has 3 N–H and O–H groups in total. The van der Waals surface area contributed by atoms with Crippen LogP contribution in [0.2, 0.25) is 0 Å². The second kappa shape index (κ2) is 15.0. The van der Waals surface area contributed by atoms with Gasteiger partial charge in [0.1, 0.15) is 0 Å². The van der Waals surface area contributed by atoms with Gasteiger partial charge in [-0.05, 0) is 56.4 Å². The van der Waals surface area contributed by atoms with Crippen LogP contribution in [0.1, 0.15) is 62.0 Å². The van der Waals surface area contributed by atoms with Gasteiger partial charge >= 0.3 is 0 Å². The van der Waals surface area contributed by atoms with Gasteiger partial charge in [0.2, 0.25) is 0 Å². The summed E-state index contributed by atoms with van der Waals surface area (Å²) in [6.45, 7) is 8.88. The second-order valence-corrected chi connectivity index (χ2v) is 8.31. The maximum absolute atomic E-state index is 11.9. The molecule has 1 saturated carbocycles. The highest BCUT2D eigenvalue weighted by Gasteiger charge is 2.33. The van der Waals surface area contributed by atoms with E-state index in [0.717, 1.165) is 56.5 Å². The van der Waals surface area contributed by atoms with E-state index in [0.29, 0.717) is 12.0 Å². The van der Waals surface area contributed by atoms with Crippen molar-refractivity contribution in [2.45, 2.75) is 52.4 Å². The zero-order valence-electron chi connectivity index (χ0n) is 17.8. The van der Waals surface area contributed by atoms with Crippen LogP contribution < -0.4 is 16.0 Å². The monoisotopic (exact) mass is 536 g/mol. The van der Waals surface area contributed by atoms with Gasteiger partial charge in [-0.3, -0.25) is 9.79 Å². The van der Waals surface area contributed by atoms with Crippen molar-refractivity contribution in [2.24, 2.45) is 10.4 Å². The fraction of sp³-hybridized carbons (Fsp3) is 0.714. The predicted molar refractivity (Wildman–Crippen MR) is 133 cm³/mol. The molecule has 0 bridgehead atoms. The number of guanidine groups is 1. The molecule has 1 fully saturated rings. The third-order valence-corrected chi connectivity index (χ3v) is 6.11. The normalized spacial score (nSPS) is 15.6. The molecule has 0 atom stereocenters. The SMILES string of the molecule is CCNC(=NCC1(CCOCC)CCCC1)NCCCNC(=O)c1cccs1.I. The van der Waals surface area contributed by atoms with Crippen LogP contribution in [0.25, 0.3) is 0 Å². The molecular formula is C21H37IN4O2S. The Morgan fingerprint density at radius 3 is 2.62 bits per heavy atom. The minimum atomic E-state index is 0. The number of carbonyl (C=O) groups is 1. The molecule has 0 aliphatic heterocycles. The minimum absolute atomic E-state index is 0. The van der Waals surface area contributed by atoms with E-state index in [2.05, 4.69) is 29.8 Å². The van der Waals surface area contributed by atoms with Crippen LogP contribution >= 0.6 is 35.3 Å². The third kappa shape index (κ3) is 9.65. The lowest BCUT2D eigenvalue weighted by Gasteiger charge is -2.27. The summed E-state index contributed by atoms with van der Waals surface area (Å²) in [5.74, 6) is 0.878. The van der Waals surface area contributed by atoms with E-state index in [1.54, 1.807) is 0 Å². The smallest absolute Gasteiger partial charge is 0.261 e. The van der Waals surface area contributed by atoms with Crippen molar-refractivity contribution >= 4 is 47.2 Å². The Bertz CT molecular complexity index is 590. The second-order valence-electron chi connectivity index (χ2n) is 7.36. The Kier molecular flexibility index (Phi) is 13.5. The number of carbonyl (C=O) groups excluding carboxylic acids is 1. The molecule has 1 heterocycles. The molecule has 0 saturated heterocycles. The van der Waals surface area contributed by atoms with E-state index in [-0.39, 0.29) is 29.9 Å². The number of aliphatic imine (C=N–C) groups is 1. The van der Waals surface area contributed by atoms with Gasteiger partial charge in [0, 0.05) is 39.4 Å². The fourth-order valence-electron chi connectivity index (χ4n) is 3.63. The van der Waals surface area contributed by atoms with Gasteiger partial charge in [0.15, 0.2) is 5.96 Å². The molecule has 0 aromatic carbocycles. The first-order valence-electron chi connectivity index (χ1n) is 10.6. The summed E-state index contributed by atoms with van der Waals surface area (Å²) in [6.07, 6.45) is 7.05. The van der Waals surface area contributed by atoms with Gasteiger partial charge < -0.3 is 20.7 Å². The first kappa shape index (κ1) is 26.2. The molecule has 0 spiro atoms. The molecule has 1 amide bonds. The Morgan fingerprint density at radius 2 is 1.97 bits per heavy atom. The standard InChI is InChI=1S/C21H36N4O2S.HI/c1-3-22-20(24-14-8-13-23-19(26)18-9-7-16-28-18)25-17-21(10-5-6-11-21)12-15-27-4-2;/h7,9,16H,3-6,8,10-15,17H2,1-2H3,(H,23,26)(H2,22,24,25);1H. The van der Waals surface area contributed by atoms with E-state index >= 15 is 0 Å². The Balaban J connectivity index is 0.00000420. The number of ether oxygens (including phenoxy) is 1. The molecule has 1 aliphatic carbocycles. The van der Waals surface area contributed by atoms with Crippen molar-refractivity contribution in [2.75, 3.05) is 39.4 Å². The first-order chi connectivity index (χ1) is 13.7. The lowest BCUT2D eigenvalue weighted by atomic mass is 9.83. The number of thiophene rings is 1. The molecule has 8 heteroatoms. The van der Waals surface area contributed by atoms with Crippen LogP contribution in [-0.4, -0.2) is 51.3 Å². The average Bonchev–Trinajstić information content (AvgIpc) is 3.38. The molecule has 0 radical (unpaired) electrons. The number of nitrogens with zero attached hydrogens (tertiary/aromatic N) is 1. The number of rotatable bonds is 12. The maximum Gasteiger partial charge on any atom is 0.261 e. The molecule has 2 rings (SSSR count). The van der Waals surface area contributed by atoms with Crippen molar-refractivity contribution in [1.29, 1.82) is 0 Å². The number of hydrogen-bond donors (Lipinski definition) is 3. The van der Waals surface area contributed by atoms with E-state index in [1.807, 2.05) is 17.5 Å². The number of amides is 1. The maximum atomic E-state index is 11.9. The molecular weight excluding hydrogens is 499 g/mol.